The van der Waals surface area contributed by atoms with Crippen LogP contribution in [0.4, 0.5) is 5.69 Å². The van der Waals surface area contributed by atoms with Crippen LogP contribution < -0.4 is 11.1 Å². The molecule has 0 saturated carbocycles. The summed E-state index contributed by atoms with van der Waals surface area (Å²) in [6.45, 7) is 0.0593. The second-order valence-corrected chi connectivity index (χ2v) is 6.60. The lowest BCUT2D eigenvalue weighted by atomic mass is 10.0. The van der Waals surface area contributed by atoms with E-state index >= 15 is 0 Å². The molecule has 0 bridgehead atoms. The number of primary amides is 1. The van der Waals surface area contributed by atoms with E-state index < -0.39 is 5.91 Å². The average molecular weight is 398 g/mol. The number of nitrogens with two attached hydrogens (primary N) is 1. The third kappa shape index (κ3) is 4.39. The summed E-state index contributed by atoms with van der Waals surface area (Å²) in [5, 5.41) is 7.27. The number of rotatable bonds is 6. The van der Waals surface area contributed by atoms with Crippen molar-refractivity contribution in [2.24, 2.45) is 5.73 Å². The van der Waals surface area contributed by atoms with Crippen LogP contribution in [0.2, 0.25) is 0 Å². The fraction of sp³-hybridized carbons (Fsp3) is 0.0455. The number of benzene rings is 2. The van der Waals surface area contributed by atoms with E-state index in [4.69, 9.17) is 5.73 Å². The predicted octanol–water partition coefficient (Wildman–Crippen LogP) is 2.74. The van der Waals surface area contributed by atoms with Crippen LogP contribution in [-0.4, -0.2) is 31.6 Å². The van der Waals surface area contributed by atoms with E-state index in [1.165, 1.54) is 6.33 Å². The van der Waals surface area contributed by atoms with Gasteiger partial charge < -0.3 is 11.1 Å². The molecule has 4 rings (SSSR count). The van der Waals surface area contributed by atoms with E-state index in [1.54, 1.807) is 47.5 Å². The van der Waals surface area contributed by atoms with Crippen LogP contribution in [-0.2, 0) is 11.3 Å². The summed E-state index contributed by atoms with van der Waals surface area (Å²) in [6.07, 6.45) is 6.76. The third-order valence-corrected chi connectivity index (χ3v) is 4.45. The second-order valence-electron chi connectivity index (χ2n) is 6.60. The summed E-state index contributed by atoms with van der Waals surface area (Å²) in [6, 6.07) is 16.1. The molecule has 2 aromatic heterocycles. The number of hydrogen-bond acceptors (Lipinski definition) is 5. The molecule has 0 atom stereocenters. The average Bonchev–Trinajstić information content (AvgIpc) is 3.23. The highest BCUT2D eigenvalue weighted by Gasteiger charge is 2.09. The van der Waals surface area contributed by atoms with E-state index in [0.29, 0.717) is 11.3 Å². The number of carbonyl (C=O) groups is 2. The maximum absolute atomic E-state index is 12.3. The first-order valence-corrected chi connectivity index (χ1v) is 9.17. The highest BCUT2D eigenvalue weighted by Crippen LogP contribution is 2.24. The summed E-state index contributed by atoms with van der Waals surface area (Å²) >= 11 is 0. The first-order chi connectivity index (χ1) is 14.6. The molecule has 0 aliphatic carbocycles. The van der Waals surface area contributed by atoms with Gasteiger partial charge in [0.15, 0.2) is 0 Å². The number of amides is 2. The van der Waals surface area contributed by atoms with Gasteiger partial charge in [-0.15, -0.1) is 0 Å². The minimum atomic E-state index is -0.513. The summed E-state index contributed by atoms with van der Waals surface area (Å²) in [7, 11) is 0. The fourth-order valence-corrected chi connectivity index (χ4v) is 2.98. The van der Waals surface area contributed by atoms with Crippen molar-refractivity contribution in [3.63, 3.8) is 0 Å². The van der Waals surface area contributed by atoms with Crippen LogP contribution in [0.1, 0.15) is 10.4 Å². The van der Waals surface area contributed by atoms with Gasteiger partial charge in [0.05, 0.1) is 5.69 Å². The van der Waals surface area contributed by atoms with Crippen LogP contribution in [0.15, 0.2) is 79.5 Å². The molecule has 30 heavy (non-hydrogen) atoms. The van der Waals surface area contributed by atoms with Crippen LogP contribution >= 0.6 is 0 Å². The highest BCUT2D eigenvalue weighted by molar-refractivity contribution is 5.94. The van der Waals surface area contributed by atoms with Crippen LogP contribution in [0, 0.1) is 0 Å². The first kappa shape index (κ1) is 19.0. The molecule has 0 spiro atoms. The van der Waals surface area contributed by atoms with Crippen molar-refractivity contribution in [3.05, 3.63) is 85.1 Å². The lowest BCUT2D eigenvalue weighted by molar-refractivity contribution is -0.116. The molecule has 2 heterocycles. The minimum Gasteiger partial charge on any atom is -0.366 e. The number of nitrogens with zero attached hydrogens (tertiary/aromatic N) is 4. The smallest absolute Gasteiger partial charge is 0.248 e. The molecular formula is C22H18N6O2. The molecule has 0 fully saturated rings. The van der Waals surface area contributed by atoms with Gasteiger partial charge in [-0.05, 0) is 42.0 Å². The number of hydrogen-bond donors (Lipinski definition) is 2. The SMILES string of the molecule is NC(=O)c1ccc(NC(=O)Cn2ccc(-c3cccc(-c4cncnc4)c3)n2)cc1. The predicted molar refractivity (Wildman–Crippen MR) is 112 cm³/mol. The first-order valence-electron chi connectivity index (χ1n) is 9.17. The second kappa shape index (κ2) is 8.36. The van der Waals surface area contributed by atoms with Crippen molar-refractivity contribution in [2.75, 3.05) is 5.32 Å². The van der Waals surface area contributed by atoms with Gasteiger partial charge in [0.25, 0.3) is 0 Å². The van der Waals surface area contributed by atoms with Crippen molar-refractivity contribution in [2.45, 2.75) is 6.54 Å². The molecule has 2 aromatic carbocycles. The molecule has 3 N–H and O–H groups in total. The maximum atomic E-state index is 12.3. The molecule has 0 radical (unpaired) electrons. The molecule has 0 aliphatic heterocycles. The Labute approximate surface area is 172 Å². The van der Waals surface area contributed by atoms with E-state index in [-0.39, 0.29) is 12.5 Å². The van der Waals surface area contributed by atoms with Crippen molar-refractivity contribution in [1.82, 2.24) is 19.7 Å². The zero-order valence-electron chi connectivity index (χ0n) is 15.9. The summed E-state index contributed by atoms with van der Waals surface area (Å²) < 4.78 is 1.57. The Morgan fingerprint density at radius 3 is 2.40 bits per heavy atom. The molecule has 148 valence electrons. The normalized spacial score (nSPS) is 10.5. The molecule has 0 saturated heterocycles. The molecule has 4 aromatic rings. The topological polar surface area (TPSA) is 116 Å². The zero-order chi connectivity index (χ0) is 20.9. The van der Waals surface area contributed by atoms with Gasteiger partial charge in [-0.3, -0.25) is 14.3 Å². The lowest BCUT2D eigenvalue weighted by Crippen LogP contribution is -2.19. The van der Waals surface area contributed by atoms with Crippen molar-refractivity contribution >= 4 is 17.5 Å². The summed E-state index contributed by atoms with van der Waals surface area (Å²) in [5.41, 5.74) is 9.77. The van der Waals surface area contributed by atoms with E-state index in [2.05, 4.69) is 20.4 Å². The monoisotopic (exact) mass is 398 g/mol. The molecule has 2 amide bonds. The van der Waals surface area contributed by atoms with Crippen molar-refractivity contribution in [1.29, 1.82) is 0 Å². The summed E-state index contributed by atoms with van der Waals surface area (Å²) in [4.78, 5) is 31.5. The number of anilines is 1. The third-order valence-electron chi connectivity index (χ3n) is 4.45. The van der Waals surface area contributed by atoms with Gasteiger partial charge in [-0.2, -0.15) is 5.10 Å². The van der Waals surface area contributed by atoms with Crippen LogP contribution in [0.3, 0.4) is 0 Å². The van der Waals surface area contributed by atoms with Gasteiger partial charge in [-0.25, -0.2) is 9.97 Å². The van der Waals surface area contributed by atoms with Gasteiger partial charge in [0, 0.05) is 41.0 Å². The Hall–Kier alpha value is -4.33. The molecule has 0 aliphatic rings. The lowest BCUT2D eigenvalue weighted by Gasteiger charge is -2.06. The van der Waals surface area contributed by atoms with Gasteiger partial charge in [0.1, 0.15) is 12.9 Å². The molecule has 8 heteroatoms. The van der Waals surface area contributed by atoms with Crippen LogP contribution in [0.25, 0.3) is 22.4 Å². The molecular weight excluding hydrogens is 380 g/mol. The Morgan fingerprint density at radius 2 is 1.67 bits per heavy atom. The Balaban J connectivity index is 1.44. The zero-order valence-corrected chi connectivity index (χ0v) is 15.9. The molecule has 8 nitrogen and oxygen atoms in total. The van der Waals surface area contributed by atoms with Gasteiger partial charge >= 0.3 is 0 Å². The number of carbonyl (C=O) groups excluding carboxylic acids is 2. The van der Waals surface area contributed by atoms with E-state index in [9.17, 15) is 9.59 Å². The Morgan fingerprint density at radius 1 is 0.933 bits per heavy atom. The fourth-order valence-electron chi connectivity index (χ4n) is 2.98. The quantitative estimate of drug-likeness (QED) is 0.518. The summed E-state index contributed by atoms with van der Waals surface area (Å²) in [5.74, 6) is -0.743. The number of nitrogens with one attached hydrogen (secondary N) is 1. The molecule has 0 unspecified atom stereocenters. The van der Waals surface area contributed by atoms with E-state index in [1.807, 2.05) is 30.3 Å². The highest BCUT2D eigenvalue weighted by atomic mass is 16.2. The standard InChI is InChI=1S/C22H18N6O2/c23-22(30)15-4-6-19(7-5-15)26-21(29)13-28-9-8-20(27-28)17-3-1-2-16(10-17)18-11-24-14-25-12-18/h1-12,14H,13H2,(H2,23,30)(H,26,29). The Bertz CT molecular complexity index is 1190. The van der Waals surface area contributed by atoms with Crippen molar-refractivity contribution < 1.29 is 9.59 Å². The van der Waals surface area contributed by atoms with E-state index in [0.717, 1.165) is 22.4 Å². The van der Waals surface area contributed by atoms with Crippen molar-refractivity contribution in [3.8, 4) is 22.4 Å². The van der Waals surface area contributed by atoms with Gasteiger partial charge in [0.2, 0.25) is 11.8 Å². The Kier molecular flexibility index (Phi) is 5.29. The largest absolute Gasteiger partial charge is 0.366 e. The maximum Gasteiger partial charge on any atom is 0.248 e. The van der Waals surface area contributed by atoms with Crippen LogP contribution in [0.5, 0.6) is 0 Å². The van der Waals surface area contributed by atoms with Gasteiger partial charge in [-0.1, -0.05) is 18.2 Å². The number of aromatic nitrogens is 4. The minimum absolute atomic E-state index is 0.0593.